The summed E-state index contributed by atoms with van der Waals surface area (Å²) >= 11 is 5.39. The van der Waals surface area contributed by atoms with Crippen LogP contribution in [0.4, 0.5) is 0 Å². The molecule has 3 heteroatoms. The average molecular weight is 104 g/mol. The van der Waals surface area contributed by atoms with Crippen molar-refractivity contribution in [1.82, 2.24) is 10.9 Å². The molecule has 0 aromatic carbocycles. The van der Waals surface area contributed by atoms with Gasteiger partial charge in [0.25, 0.3) is 0 Å². The van der Waals surface area contributed by atoms with Gasteiger partial charge in [0.2, 0.25) is 0 Å². The average Bonchev–Trinajstić information content (AvgIpc) is 1.86. The van der Waals surface area contributed by atoms with Crippen LogP contribution >= 0.6 is 11.6 Å². The van der Waals surface area contributed by atoms with E-state index in [1.54, 1.807) is 12.7 Å². The van der Waals surface area contributed by atoms with Crippen molar-refractivity contribution < 1.29 is 0 Å². The predicted octanol–water partition coefficient (Wildman–Crippen LogP) is 0.336. The van der Waals surface area contributed by atoms with Crippen molar-refractivity contribution in [2.24, 2.45) is 0 Å². The fourth-order valence-corrected chi connectivity index (χ4v) is 0.372. The summed E-state index contributed by atoms with van der Waals surface area (Å²) in [6.45, 7) is 1.67. The van der Waals surface area contributed by atoms with Crippen LogP contribution < -0.4 is 10.9 Å². The highest BCUT2D eigenvalue weighted by molar-refractivity contribution is 6.30. The highest BCUT2D eigenvalue weighted by Crippen LogP contribution is 2.02. The Morgan fingerprint density at radius 2 is 2.33 bits per heavy atom. The van der Waals surface area contributed by atoms with Crippen molar-refractivity contribution in [1.29, 1.82) is 0 Å². The maximum absolute atomic E-state index is 5.39. The lowest BCUT2D eigenvalue weighted by Gasteiger charge is -1.83. The standard InChI is InChI=1S/C3H4ClN2/c4-3-1-5-6-2-3/h1-2,5-6H. The number of hydrogen-bond acceptors (Lipinski definition) is 2. The van der Waals surface area contributed by atoms with Crippen LogP contribution in [0.5, 0.6) is 0 Å². The second-order valence-corrected chi connectivity index (χ2v) is 1.40. The van der Waals surface area contributed by atoms with Crippen molar-refractivity contribution >= 4 is 11.6 Å². The fourth-order valence-electron chi connectivity index (χ4n) is 0.263. The molecule has 0 atom stereocenters. The van der Waals surface area contributed by atoms with Crippen LogP contribution in [-0.2, 0) is 0 Å². The maximum Gasteiger partial charge on any atom is 0.0852 e. The second-order valence-electron chi connectivity index (χ2n) is 0.962. The molecule has 0 spiro atoms. The van der Waals surface area contributed by atoms with Crippen molar-refractivity contribution in [3.63, 3.8) is 0 Å². The number of hydrogen-bond donors (Lipinski definition) is 2. The zero-order valence-electron chi connectivity index (χ0n) is 3.03. The third-order valence-corrected chi connectivity index (χ3v) is 0.722. The molecule has 0 unspecified atom stereocenters. The molecule has 1 radical (unpaired) electrons. The van der Waals surface area contributed by atoms with Crippen LogP contribution in [0.1, 0.15) is 0 Å². The fraction of sp³-hybridized carbons (Fsp3) is 0. The Hall–Kier alpha value is -0.210. The first-order valence-corrected chi connectivity index (χ1v) is 1.97. The van der Waals surface area contributed by atoms with Crippen LogP contribution in [-0.4, -0.2) is 0 Å². The SMILES string of the molecule is ClC1=CNN[CH]1. The van der Waals surface area contributed by atoms with Crippen molar-refractivity contribution in [2.45, 2.75) is 0 Å². The second kappa shape index (κ2) is 1.49. The molecule has 1 rings (SSSR count). The van der Waals surface area contributed by atoms with Gasteiger partial charge < -0.3 is 5.43 Å². The zero-order chi connectivity index (χ0) is 4.41. The normalized spacial score (nSPS) is 19.8. The van der Waals surface area contributed by atoms with Crippen LogP contribution in [0, 0.1) is 6.54 Å². The van der Waals surface area contributed by atoms with E-state index in [0.29, 0.717) is 5.03 Å². The highest BCUT2D eigenvalue weighted by atomic mass is 35.5. The summed E-state index contributed by atoms with van der Waals surface area (Å²) < 4.78 is 0. The third-order valence-electron chi connectivity index (χ3n) is 0.503. The minimum absolute atomic E-state index is 0.704. The molecule has 0 aromatic rings. The van der Waals surface area contributed by atoms with E-state index in [2.05, 4.69) is 10.9 Å². The smallest absolute Gasteiger partial charge is 0.0852 e. The van der Waals surface area contributed by atoms with Gasteiger partial charge in [0.15, 0.2) is 0 Å². The molecule has 0 saturated heterocycles. The molecule has 1 heterocycles. The first kappa shape index (κ1) is 3.96. The van der Waals surface area contributed by atoms with Gasteiger partial charge in [0.05, 0.1) is 11.6 Å². The summed E-state index contributed by atoms with van der Waals surface area (Å²) in [6, 6.07) is 0. The largest absolute Gasteiger partial charge is 0.327 e. The molecule has 2 N–H and O–H groups in total. The molecule has 0 fully saturated rings. The Morgan fingerprint density at radius 3 is 2.50 bits per heavy atom. The summed E-state index contributed by atoms with van der Waals surface area (Å²) in [5, 5.41) is 0.704. The van der Waals surface area contributed by atoms with Gasteiger partial charge in [-0.2, -0.15) is 0 Å². The molecule has 2 nitrogen and oxygen atoms in total. The molecular weight excluding hydrogens is 99.5 g/mol. The molecular formula is C3H4ClN2. The third kappa shape index (κ3) is 0.640. The van der Waals surface area contributed by atoms with E-state index in [1.165, 1.54) is 0 Å². The molecule has 1 aliphatic heterocycles. The van der Waals surface area contributed by atoms with E-state index in [4.69, 9.17) is 11.6 Å². The van der Waals surface area contributed by atoms with E-state index < -0.39 is 0 Å². The Labute approximate surface area is 41.1 Å². The van der Waals surface area contributed by atoms with Crippen LogP contribution in [0.3, 0.4) is 0 Å². The van der Waals surface area contributed by atoms with E-state index in [1.807, 2.05) is 0 Å². The Balaban J connectivity index is 2.45. The molecule has 0 aromatic heterocycles. The van der Waals surface area contributed by atoms with Crippen molar-refractivity contribution in [2.75, 3.05) is 0 Å². The molecule has 0 bridgehead atoms. The van der Waals surface area contributed by atoms with Gasteiger partial charge in [-0.25, -0.2) is 5.43 Å². The zero-order valence-corrected chi connectivity index (χ0v) is 3.79. The summed E-state index contributed by atoms with van der Waals surface area (Å²) in [7, 11) is 0. The predicted molar refractivity (Wildman–Crippen MR) is 24.5 cm³/mol. The van der Waals surface area contributed by atoms with Crippen LogP contribution in [0.25, 0.3) is 0 Å². The Morgan fingerprint density at radius 1 is 1.50 bits per heavy atom. The van der Waals surface area contributed by atoms with Gasteiger partial charge >= 0.3 is 0 Å². The van der Waals surface area contributed by atoms with E-state index in [-0.39, 0.29) is 0 Å². The van der Waals surface area contributed by atoms with Gasteiger partial charge in [-0.05, 0) is 0 Å². The summed E-state index contributed by atoms with van der Waals surface area (Å²) in [5.74, 6) is 0. The number of rotatable bonds is 0. The molecule has 0 saturated carbocycles. The summed E-state index contributed by atoms with van der Waals surface area (Å²) in [4.78, 5) is 0. The van der Waals surface area contributed by atoms with Gasteiger partial charge in [0, 0.05) is 6.20 Å². The number of nitrogens with one attached hydrogen (secondary N) is 2. The van der Waals surface area contributed by atoms with Crippen LogP contribution in [0.15, 0.2) is 11.2 Å². The van der Waals surface area contributed by atoms with E-state index in [9.17, 15) is 0 Å². The number of halogens is 1. The highest BCUT2D eigenvalue weighted by Gasteiger charge is 1.95. The lowest BCUT2D eigenvalue weighted by molar-refractivity contribution is 0.781. The monoisotopic (exact) mass is 103 g/mol. The Bertz CT molecular complexity index is 78.9. The van der Waals surface area contributed by atoms with E-state index in [0.717, 1.165) is 0 Å². The van der Waals surface area contributed by atoms with Gasteiger partial charge in [-0.1, -0.05) is 11.6 Å². The van der Waals surface area contributed by atoms with Crippen molar-refractivity contribution in [3.05, 3.63) is 17.8 Å². The lowest BCUT2D eigenvalue weighted by Crippen LogP contribution is -2.16. The van der Waals surface area contributed by atoms with Gasteiger partial charge in [0.1, 0.15) is 0 Å². The topological polar surface area (TPSA) is 24.1 Å². The molecule has 0 aliphatic carbocycles. The first-order valence-electron chi connectivity index (χ1n) is 1.59. The molecule has 1 aliphatic rings. The quantitative estimate of drug-likeness (QED) is 0.462. The Kier molecular flexibility index (Phi) is 0.986. The minimum atomic E-state index is 0.704. The van der Waals surface area contributed by atoms with E-state index >= 15 is 0 Å². The maximum atomic E-state index is 5.39. The van der Waals surface area contributed by atoms with Crippen LogP contribution in [0.2, 0.25) is 0 Å². The lowest BCUT2D eigenvalue weighted by atomic mass is 10.6. The number of hydrazine groups is 1. The molecule has 33 valence electrons. The van der Waals surface area contributed by atoms with Crippen molar-refractivity contribution in [3.8, 4) is 0 Å². The molecule has 6 heavy (non-hydrogen) atoms. The first-order chi connectivity index (χ1) is 2.89. The summed E-state index contributed by atoms with van der Waals surface area (Å²) in [6.07, 6.45) is 1.67. The minimum Gasteiger partial charge on any atom is -0.327 e. The van der Waals surface area contributed by atoms with Gasteiger partial charge in [-0.15, -0.1) is 0 Å². The molecule has 0 amide bonds. The van der Waals surface area contributed by atoms with Gasteiger partial charge in [-0.3, -0.25) is 0 Å². The summed E-state index contributed by atoms with van der Waals surface area (Å²) in [5.41, 5.74) is 5.34.